The summed E-state index contributed by atoms with van der Waals surface area (Å²) in [7, 11) is 0. The molecule has 0 fully saturated rings. The fraction of sp³-hybridized carbons (Fsp3) is 0.222. The SMILES string of the molecule is Cc1cccc(NC(=O)C(=O)NCCc2ccc(F)cc2)c1C. The van der Waals surface area contributed by atoms with Crippen molar-refractivity contribution in [3.63, 3.8) is 0 Å². The first-order chi connectivity index (χ1) is 11.0. The molecule has 0 unspecified atom stereocenters. The van der Waals surface area contributed by atoms with Gasteiger partial charge in [-0.1, -0.05) is 24.3 Å². The van der Waals surface area contributed by atoms with Crippen molar-refractivity contribution in [3.8, 4) is 0 Å². The number of rotatable bonds is 4. The van der Waals surface area contributed by atoms with E-state index in [1.54, 1.807) is 18.2 Å². The number of hydrogen-bond donors (Lipinski definition) is 2. The summed E-state index contributed by atoms with van der Waals surface area (Å²) in [6.07, 6.45) is 0.531. The van der Waals surface area contributed by atoms with E-state index in [1.807, 2.05) is 26.0 Å². The molecule has 0 bridgehead atoms. The quantitative estimate of drug-likeness (QED) is 0.853. The van der Waals surface area contributed by atoms with Crippen LogP contribution in [0.4, 0.5) is 10.1 Å². The highest BCUT2D eigenvalue weighted by atomic mass is 19.1. The normalized spacial score (nSPS) is 10.2. The summed E-state index contributed by atoms with van der Waals surface area (Å²) in [4.78, 5) is 23.7. The zero-order chi connectivity index (χ0) is 16.8. The van der Waals surface area contributed by atoms with Gasteiger partial charge in [-0.2, -0.15) is 0 Å². The Hall–Kier alpha value is -2.69. The molecule has 0 spiro atoms. The molecule has 0 saturated carbocycles. The molecule has 4 nitrogen and oxygen atoms in total. The lowest BCUT2D eigenvalue weighted by Crippen LogP contribution is -2.36. The van der Waals surface area contributed by atoms with E-state index in [2.05, 4.69) is 10.6 Å². The van der Waals surface area contributed by atoms with Crippen LogP contribution < -0.4 is 10.6 Å². The van der Waals surface area contributed by atoms with Crippen LogP contribution in [0.15, 0.2) is 42.5 Å². The summed E-state index contributed by atoms with van der Waals surface area (Å²) in [6, 6.07) is 11.5. The van der Waals surface area contributed by atoms with Crippen molar-refractivity contribution in [2.45, 2.75) is 20.3 Å². The summed E-state index contributed by atoms with van der Waals surface area (Å²) in [5, 5.41) is 5.16. The summed E-state index contributed by atoms with van der Waals surface area (Å²) >= 11 is 0. The molecule has 0 radical (unpaired) electrons. The van der Waals surface area contributed by atoms with Crippen molar-refractivity contribution in [2.75, 3.05) is 11.9 Å². The molecule has 0 heterocycles. The Morgan fingerprint density at radius 2 is 1.70 bits per heavy atom. The molecule has 23 heavy (non-hydrogen) atoms. The van der Waals surface area contributed by atoms with E-state index in [0.29, 0.717) is 18.7 Å². The lowest BCUT2D eigenvalue weighted by atomic mass is 10.1. The lowest BCUT2D eigenvalue weighted by molar-refractivity contribution is -0.136. The summed E-state index contributed by atoms with van der Waals surface area (Å²) in [5.74, 6) is -1.68. The number of aryl methyl sites for hydroxylation is 1. The van der Waals surface area contributed by atoms with Gasteiger partial charge in [0.05, 0.1) is 0 Å². The van der Waals surface area contributed by atoms with E-state index >= 15 is 0 Å². The van der Waals surface area contributed by atoms with E-state index < -0.39 is 11.8 Å². The van der Waals surface area contributed by atoms with Crippen LogP contribution in [0.1, 0.15) is 16.7 Å². The number of carbonyl (C=O) groups excluding carboxylic acids is 2. The molecule has 2 amide bonds. The molecular formula is C18H19FN2O2. The lowest BCUT2D eigenvalue weighted by Gasteiger charge is -2.10. The molecule has 2 aromatic carbocycles. The molecule has 0 aliphatic heterocycles. The maximum atomic E-state index is 12.8. The molecule has 0 saturated heterocycles. The van der Waals surface area contributed by atoms with Gasteiger partial charge in [-0.25, -0.2) is 4.39 Å². The minimum atomic E-state index is -0.696. The topological polar surface area (TPSA) is 58.2 Å². The Kier molecular flexibility index (Phi) is 5.46. The van der Waals surface area contributed by atoms with Gasteiger partial charge in [0, 0.05) is 12.2 Å². The van der Waals surface area contributed by atoms with Crippen molar-refractivity contribution in [2.24, 2.45) is 0 Å². The molecular weight excluding hydrogens is 295 g/mol. The Morgan fingerprint density at radius 3 is 2.39 bits per heavy atom. The molecule has 2 rings (SSSR count). The van der Waals surface area contributed by atoms with Gasteiger partial charge in [0.1, 0.15) is 5.82 Å². The van der Waals surface area contributed by atoms with E-state index in [-0.39, 0.29) is 5.82 Å². The van der Waals surface area contributed by atoms with E-state index in [4.69, 9.17) is 0 Å². The van der Waals surface area contributed by atoms with Crippen LogP contribution in [0.5, 0.6) is 0 Å². The second-order valence-corrected chi connectivity index (χ2v) is 5.33. The average Bonchev–Trinajstić information content (AvgIpc) is 2.53. The first-order valence-electron chi connectivity index (χ1n) is 7.37. The average molecular weight is 314 g/mol. The van der Waals surface area contributed by atoms with Gasteiger partial charge in [-0.15, -0.1) is 0 Å². The molecule has 0 aliphatic rings. The maximum Gasteiger partial charge on any atom is 0.313 e. The fourth-order valence-electron chi connectivity index (χ4n) is 2.12. The predicted octanol–water partition coefficient (Wildman–Crippen LogP) is 2.74. The summed E-state index contributed by atoms with van der Waals surface area (Å²) in [5.41, 5.74) is 3.49. The van der Waals surface area contributed by atoms with Crippen LogP contribution in [0.3, 0.4) is 0 Å². The first kappa shape index (κ1) is 16.7. The maximum absolute atomic E-state index is 12.8. The van der Waals surface area contributed by atoms with Gasteiger partial charge in [-0.05, 0) is 55.2 Å². The number of hydrogen-bond acceptors (Lipinski definition) is 2. The van der Waals surface area contributed by atoms with Crippen molar-refractivity contribution in [1.29, 1.82) is 0 Å². The Bertz CT molecular complexity index is 711. The van der Waals surface area contributed by atoms with Gasteiger partial charge >= 0.3 is 11.8 Å². The number of carbonyl (C=O) groups is 2. The number of nitrogens with one attached hydrogen (secondary N) is 2. The zero-order valence-corrected chi connectivity index (χ0v) is 13.2. The van der Waals surface area contributed by atoms with Crippen LogP contribution in [-0.2, 0) is 16.0 Å². The van der Waals surface area contributed by atoms with E-state index in [9.17, 15) is 14.0 Å². The van der Waals surface area contributed by atoms with Crippen molar-refractivity contribution < 1.29 is 14.0 Å². The number of amides is 2. The standard InChI is InChI=1S/C18H19FN2O2/c1-12-4-3-5-16(13(12)2)21-18(23)17(22)20-11-10-14-6-8-15(19)9-7-14/h3-9H,10-11H2,1-2H3,(H,20,22)(H,21,23). The third-order valence-corrected chi connectivity index (χ3v) is 3.67. The smallest absolute Gasteiger partial charge is 0.313 e. The molecule has 0 atom stereocenters. The zero-order valence-electron chi connectivity index (χ0n) is 13.2. The minimum Gasteiger partial charge on any atom is -0.347 e. The monoisotopic (exact) mass is 314 g/mol. The van der Waals surface area contributed by atoms with Crippen molar-refractivity contribution in [3.05, 3.63) is 65.0 Å². The second kappa shape index (κ2) is 7.54. The van der Waals surface area contributed by atoms with Crippen LogP contribution >= 0.6 is 0 Å². The van der Waals surface area contributed by atoms with Crippen LogP contribution in [0, 0.1) is 19.7 Å². The molecule has 2 aromatic rings. The predicted molar refractivity (Wildman–Crippen MR) is 87.7 cm³/mol. The Labute approximate surface area is 134 Å². The molecule has 120 valence electrons. The highest BCUT2D eigenvalue weighted by molar-refractivity contribution is 6.39. The van der Waals surface area contributed by atoms with Gasteiger partial charge in [0.15, 0.2) is 0 Å². The third-order valence-electron chi connectivity index (χ3n) is 3.67. The fourth-order valence-corrected chi connectivity index (χ4v) is 2.12. The number of anilines is 1. The van der Waals surface area contributed by atoms with E-state index in [0.717, 1.165) is 16.7 Å². The molecule has 0 aliphatic carbocycles. The highest BCUT2D eigenvalue weighted by Crippen LogP contribution is 2.17. The second-order valence-electron chi connectivity index (χ2n) is 5.33. The largest absolute Gasteiger partial charge is 0.347 e. The summed E-state index contributed by atoms with van der Waals surface area (Å²) < 4.78 is 12.8. The van der Waals surface area contributed by atoms with Crippen LogP contribution in [0.25, 0.3) is 0 Å². The van der Waals surface area contributed by atoms with Gasteiger partial charge < -0.3 is 10.6 Å². The molecule has 5 heteroatoms. The minimum absolute atomic E-state index is 0.300. The van der Waals surface area contributed by atoms with Crippen LogP contribution in [0.2, 0.25) is 0 Å². The Morgan fingerprint density at radius 1 is 1.00 bits per heavy atom. The Balaban J connectivity index is 1.84. The number of halogens is 1. The first-order valence-corrected chi connectivity index (χ1v) is 7.37. The van der Waals surface area contributed by atoms with Gasteiger partial charge in [0.2, 0.25) is 0 Å². The van der Waals surface area contributed by atoms with Gasteiger partial charge in [-0.3, -0.25) is 9.59 Å². The molecule has 2 N–H and O–H groups in total. The van der Waals surface area contributed by atoms with Crippen molar-refractivity contribution >= 4 is 17.5 Å². The number of benzene rings is 2. The molecule has 0 aromatic heterocycles. The van der Waals surface area contributed by atoms with Crippen molar-refractivity contribution in [1.82, 2.24) is 5.32 Å². The third kappa shape index (κ3) is 4.64. The van der Waals surface area contributed by atoms with E-state index in [1.165, 1.54) is 12.1 Å². The summed E-state index contributed by atoms with van der Waals surface area (Å²) in [6.45, 7) is 4.13. The van der Waals surface area contributed by atoms with Gasteiger partial charge in [0.25, 0.3) is 0 Å². The highest BCUT2D eigenvalue weighted by Gasteiger charge is 2.14. The van der Waals surface area contributed by atoms with Crippen LogP contribution in [-0.4, -0.2) is 18.4 Å².